The molecule has 1 aliphatic rings. The van der Waals surface area contributed by atoms with Gasteiger partial charge in [-0.2, -0.15) is 0 Å². The number of hydrogen-bond donors (Lipinski definition) is 2. The molecular formula is C15H22N2O3. The third-order valence-corrected chi connectivity index (χ3v) is 3.12. The number of ether oxygens (including phenoxy) is 2. The highest BCUT2D eigenvalue weighted by molar-refractivity contribution is 5.89. The van der Waals surface area contributed by atoms with Crippen LogP contribution in [-0.2, 0) is 4.74 Å². The average Bonchev–Trinajstić information content (AvgIpc) is 2.92. The van der Waals surface area contributed by atoms with E-state index in [1.165, 1.54) is 0 Å². The number of unbranched alkanes of at least 4 members (excludes halogenated alkanes) is 1. The van der Waals surface area contributed by atoms with Gasteiger partial charge < -0.3 is 20.1 Å². The van der Waals surface area contributed by atoms with E-state index >= 15 is 0 Å². The maximum absolute atomic E-state index is 11.8. The lowest BCUT2D eigenvalue weighted by Gasteiger charge is -2.12. The third-order valence-electron chi connectivity index (χ3n) is 3.12. The van der Waals surface area contributed by atoms with Crippen LogP contribution < -0.4 is 15.4 Å². The molecule has 0 aromatic heterocycles. The van der Waals surface area contributed by atoms with Crippen LogP contribution in [0.5, 0.6) is 5.75 Å². The van der Waals surface area contributed by atoms with E-state index in [1.54, 1.807) is 0 Å². The Morgan fingerprint density at radius 1 is 1.50 bits per heavy atom. The van der Waals surface area contributed by atoms with Crippen LogP contribution >= 0.6 is 0 Å². The maximum atomic E-state index is 11.8. The highest BCUT2D eigenvalue weighted by Crippen LogP contribution is 2.17. The van der Waals surface area contributed by atoms with Crippen molar-refractivity contribution in [2.24, 2.45) is 0 Å². The molecule has 1 saturated heterocycles. The fourth-order valence-electron chi connectivity index (χ4n) is 2.00. The molecule has 1 atom stereocenters. The molecule has 1 fully saturated rings. The largest absolute Gasteiger partial charge is 0.494 e. The topological polar surface area (TPSA) is 59.6 Å². The summed E-state index contributed by atoms with van der Waals surface area (Å²) in [7, 11) is 0. The van der Waals surface area contributed by atoms with Crippen molar-refractivity contribution in [3.8, 4) is 5.75 Å². The standard InChI is InChI=1S/C15H22N2O3/c1-2-3-8-20-14-6-4-5-12(10-14)16-15(18)17-13-7-9-19-11-13/h4-6,10,13H,2-3,7-9,11H2,1H3,(H2,16,17,18)/t13-/m0/s1. The van der Waals surface area contributed by atoms with Crippen molar-refractivity contribution < 1.29 is 14.3 Å². The molecule has 1 aromatic carbocycles. The number of carbonyl (C=O) groups is 1. The number of anilines is 1. The van der Waals surface area contributed by atoms with Gasteiger partial charge in [-0.05, 0) is 25.0 Å². The Balaban J connectivity index is 1.81. The predicted octanol–water partition coefficient (Wildman–Crippen LogP) is 2.78. The molecule has 1 heterocycles. The van der Waals surface area contributed by atoms with Crippen LogP contribution in [0.4, 0.5) is 10.5 Å². The zero-order chi connectivity index (χ0) is 14.2. The molecule has 0 spiro atoms. The molecule has 2 N–H and O–H groups in total. The van der Waals surface area contributed by atoms with E-state index in [1.807, 2.05) is 24.3 Å². The van der Waals surface area contributed by atoms with E-state index < -0.39 is 0 Å². The molecular weight excluding hydrogens is 256 g/mol. The molecule has 5 nitrogen and oxygen atoms in total. The molecule has 20 heavy (non-hydrogen) atoms. The predicted molar refractivity (Wildman–Crippen MR) is 78.2 cm³/mol. The Kier molecular flexibility index (Phi) is 5.68. The Bertz CT molecular complexity index is 431. The fraction of sp³-hybridized carbons (Fsp3) is 0.533. The number of nitrogens with one attached hydrogen (secondary N) is 2. The number of benzene rings is 1. The lowest BCUT2D eigenvalue weighted by molar-refractivity contribution is 0.189. The molecule has 5 heteroatoms. The summed E-state index contributed by atoms with van der Waals surface area (Å²) in [6, 6.07) is 7.35. The van der Waals surface area contributed by atoms with Gasteiger partial charge in [-0.3, -0.25) is 0 Å². The summed E-state index contributed by atoms with van der Waals surface area (Å²) in [6.45, 7) is 4.13. The first-order valence-corrected chi connectivity index (χ1v) is 7.16. The normalized spacial score (nSPS) is 17.8. The second-order valence-corrected chi connectivity index (χ2v) is 4.89. The zero-order valence-corrected chi connectivity index (χ0v) is 11.9. The summed E-state index contributed by atoms with van der Waals surface area (Å²) in [6.07, 6.45) is 3.00. The molecule has 1 aliphatic heterocycles. The maximum Gasteiger partial charge on any atom is 0.319 e. The van der Waals surface area contributed by atoms with Gasteiger partial charge in [0, 0.05) is 18.4 Å². The summed E-state index contributed by atoms with van der Waals surface area (Å²) in [5.74, 6) is 0.778. The first-order chi connectivity index (χ1) is 9.78. The van der Waals surface area contributed by atoms with Gasteiger partial charge in [0.1, 0.15) is 5.75 Å². The highest BCUT2D eigenvalue weighted by atomic mass is 16.5. The smallest absolute Gasteiger partial charge is 0.319 e. The van der Waals surface area contributed by atoms with Gasteiger partial charge in [0.15, 0.2) is 0 Å². The molecule has 110 valence electrons. The van der Waals surface area contributed by atoms with Crippen LogP contribution in [-0.4, -0.2) is 31.9 Å². The van der Waals surface area contributed by atoms with Crippen LogP contribution in [0.15, 0.2) is 24.3 Å². The number of amides is 2. The first kappa shape index (κ1) is 14.7. The first-order valence-electron chi connectivity index (χ1n) is 7.16. The summed E-state index contributed by atoms with van der Waals surface area (Å²) < 4.78 is 10.8. The molecule has 1 aromatic rings. The van der Waals surface area contributed by atoms with Crippen LogP contribution in [0.3, 0.4) is 0 Å². The van der Waals surface area contributed by atoms with Crippen molar-refractivity contribution in [1.82, 2.24) is 5.32 Å². The summed E-state index contributed by atoms with van der Waals surface area (Å²) >= 11 is 0. The molecule has 2 rings (SSSR count). The van der Waals surface area contributed by atoms with Crippen molar-refractivity contribution in [3.05, 3.63) is 24.3 Å². The number of hydrogen-bond acceptors (Lipinski definition) is 3. The lowest BCUT2D eigenvalue weighted by Crippen LogP contribution is -2.38. The molecule has 0 radical (unpaired) electrons. The minimum atomic E-state index is -0.203. The molecule has 0 aliphatic carbocycles. The SMILES string of the molecule is CCCCOc1cccc(NC(=O)N[C@H]2CCOC2)c1. The highest BCUT2D eigenvalue weighted by Gasteiger charge is 2.17. The summed E-state index contributed by atoms with van der Waals surface area (Å²) in [5.41, 5.74) is 0.732. The van der Waals surface area contributed by atoms with Gasteiger partial charge in [-0.25, -0.2) is 4.79 Å². The van der Waals surface area contributed by atoms with Crippen molar-refractivity contribution in [2.75, 3.05) is 25.1 Å². The van der Waals surface area contributed by atoms with Crippen LogP contribution in [0, 0.1) is 0 Å². The molecule has 0 bridgehead atoms. The average molecular weight is 278 g/mol. The van der Waals surface area contributed by atoms with E-state index in [0.29, 0.717) is 19.8 Å². The summed E-state index contributed by atoms with van der Waals surface area (Å²) in [4.78, 5) is 11.8. The van der Waals surface area contributed by atoms with E-state index in [4.69, 9.17) is 9.47 Å². The molecule has 0 saturated carbocycles. The minimum absolute atomic E-state index is 0.110. The Labute approximate surface area is 119 Å². The zero-order valence-electron chi connectivity index (χ0n) is 11.9. The quantitative estimate of drug-likeness (QED) is 0.787. The van der Waals surface area contributed by atoms with Gasteiger partial charge in [-0.1, -0.05) is 19.4 Å². The van der Waals surface area contributed by atoms with Crippen LogP contribution in [0.25, 0.3) is 0 Å². The van der Waals surface area contributed by atoms with E-state index in [0.717, 1.165) is 30.7 Å². The minimum Gasteiger partial charge on any atom is -0.494 e. The van der Waals surface area contributed by atoms with Gasteiger partial charge in [0.25, 0.3) is 0 Å². The molecule has 2 amide bonds. The Hall–Kier alpha value is -1.75. The van der Waals surface area contributed by atoms with E-state index in [9.17, 15) is 4.79 Å². The van der Waals surface area contributed by atoms with Crippen LogP contribution in [0.1, 0.15) is 26.2 Å². The van der Waals surface area contributed by atoms with Crippen molar-refractivity contribution >= 4 is 11.7 Å². The Morgan fingerprint density at radius 2 is 2.40 bits per heavy atom. The molecule has 0 unspecified atom stereocenters. The van der Waals surface area contributed by atoms with E-state index in [-0.39, 0.29) is 12.1 Å². The Morgan fingerprint density at radius 3 is 3.15 bits per heavy atom. The number of carbonyl (C=O) groups excluding carboxylic acids is 1. The monoisotopic (exact) mass is 278 g/mol. The van der Waals surface area contributed by atoms with Crippen LogP contribution in [0.2, 0.25) is 0 Å². The van der Waals surface area contributed by atoms with Gasteiger partial charge in [0.2, 0.25) is 0 Å². The van der Waals surface area contributed by atoms with Gasteiger partial charge in [-0.15, -0.1) is 0 Å². The van der Waals surface area contributed by atoms with Crippen molar-refractivity contribution in [2.45, 2.75) is 32.2 Å². The second-order valence-electron chi connectivity index (χ2n) is 4.89. The fourth-order valence-corrected chi connectivity index (χ4v) is 2.00. The van der Waals surface area contributed by atoms with Gasteiger partial charge in [0.05, 0.1) is 19.3 Å². The van der Waals surface area contributed by atoms with Crippen molar-refractivity contribution in [3.63, 3.8) is 0 Å². The lowest BCUT2D eigenvalue weighted by atomic mass is 10.2. The van der Waals surface area contributed by atoms with Gasteiger partial charge >= 0.3 is 6.03 Å². The van der Waals surface area contributed by atoms with Crippen molar-refractivity contribution in [1.29, 1.82) is 0 Å². The number of urea groups is 1. The van der Waals surface area contributed by atoms with E-state index in [2.05, 4.69) is 17.6 Å². The third kappa shape index (κ3) is 4.74. The second kappa shape index (κ2) is 7.75. The number of rotatable bonds is 6. The summed E-state index contributed by atoms with van der Waals surface area (Å²) in [5, 5.41) is 5.70.